The summed E-state index contributed by atoms with van der Waals surface area (Å²) in [7, 11) is 0. The van der Waals surface area contributed by atoms with Gasteiger partial charge in [-0.3, -0.25) is 0 Å². The van der Waals surface area contributed by atoms with E-state index < -0.39 is 0 Å². The molecule has 0 bridgehead atoms. The third kappa shape index (κ3) is 2.26. The molecule has 2 unspecified atom stereocenters. The molecule has 2 atom stereocenters. The van der Waals surface area contributed by atoms with Gasteiger partial charge in [-0.1, -0.05) is 0 Å². The largest absolute Gasteiger partial charge is 0.316 e. The molecule has 2 aliphatic rings. The first-order valence-corrected chi connectivity index (χ1v) is 5.70. The molecule has 0 aliphatic carbocycles. The highest BCUT2D eigenvalue weighted by atomic mass is 15.1. The average molecular weight is 193 g/mol. The molecule has 0 aromatic heterocycles. The van der Waals surface area contributed by atoms with Crippen LogP contribution in [0, 0.1) is 23.2 Å². The van der Waals surface area contributed by atoms with Gasteiger partial charge in [0.25, 0.3) is 0 Å². The van der Waals surface area contributed by atoms with E-state index in [-0.39, 0.29) is 0 Å². The van der Waals surface area contributed by atoms with Gasteiger partial charge in [-0.15, -0.1) is 0 Å². The molecule has 0 aromatic rings. The Morgan fingerprint density at radius 1 is 1.36 bits per heavy atom. The van der Waals surface area contributed by atoms with Gasteiger partial charge >= 0.3 is 0 Å². The Labute approximate surface area is 86.1 Å². The van der Waals surface area contributed by atoms with E-state index in [0.29, 0.717) is 6.42 Å². The maximum atomic E-state index is 8.47. The van der Waals surface area contributed by atoms with Crippen molar-refractivity contribution in [2.24, 2.45) is 11.8 Å². The van der Waals surface area contributed by atoms with Crippen LogP contribution in [0.3, 0.4) is 0 Å². The fourth-order valence-electron chi connectivity index (χ4n) is 2.69. The number of fused-ring (bicyclic) bond motifs is 1. The summed E-state index contributed by atoms with van der Waals surface area (Å²) in [6.45, 7) is 6.06. The predicted molar refractivity (Wildman–Crippen MR) is 55.8 cm³/mol. The Hall–Kier alpha value is -0.590. The molecule has 3 heteroatoms. The van der Waals surface area contributed by atoms with Crippen molar-refractivity contribution in [2.75, 3.05) is 32.7 Å². The molecule has 2 heterocycles. The molecule has 78 valence electrons. The Bertz CT molecular complexity index is 221. The molecule has 0 aromatic carbocycles. The van der Waals surface area contributed by atoms with Crippen LogP contribution in [-0.2, 0) is 0 Å². The van der Waals surface area contributed by atoms with Crippen LogP contribution >= 0.6 is 0 Å². The van der Waals surface area contributed by atoms with Gasteiger partial charge in [-0.25, -0.2) is 0 Å². The zero-order valence-electron chi connectivity index (χ0n) is 8.71. The third-order valence-corrected chi connectivity index (χ3v) is 3.55. The summed E-state index contributed by atoms with van der Waals surface area (Å²) in [4.78, 5) is 2.53. The predicted octanol–water partition coefficient (Wildman–Crippen LogP) is 0.831. The minimum Gasteiger partial charge on any atom is -0.316 e. The first kappa shape index (κ1) is 9.95. The smallest absolute Gasteiger partial charge is 0.0622 e. The molecule has 3 nitrogen and oxygen atoms in total. The average Bonchev–Trinajstić information content (AvgIpc) is 2.65. The standard InChI is InChI=1S/C11H19N3/c12-4-1-2-5-14-6-3-10-7-13-8-11(10)9-14/h10-11,13H,1-3,5-9H2. The summed E-state index contributed by atoms with van der Waals surface area (Å²) in [6.07, 6.45) is 3.11. The zero-order chi connectivity index (χ0) is 9.80. The first-order chi connectivity index (χ1) is 6.90. The summed E-state index contributed by atoms with van der Waals surface area (Å²) in [5.74, 6) is 1.81. The fraction of sp³-hybridized carbons (Fsp3) is 0.909. The summed E-state index contributed by atoms with van der Waals surface area (Å²) in [6, 6.07) is 2.21. The summed E-state index contributed by atoms with van der Waals surface area (Å²) in [5, 5.41) is 11.9. The molecule has 2 aliphatic heterocycles. The lowest BCUT2D eigenvalue weighted by Gasteiger charge is -2.34. The van der Waals surface area contributed by atoms with Crippen LogP contribution in [0.2, 0.25) is 0 Å². The number of rotatable bonds is 3. The lowest BCUT2D eigenvalue weighted by atomic mass is 9.88. The summed E-state index contributed by atoms with van der Waals surface area (Å²) < 4.78 is 0. The van der Waals surface area contributed by atoms with Crippen LogP contribution in [0.1, 0.15) is 19.3 Å². The van der Waals surface area contributed by atoms with Crippen molar-refractivity contribution >= 4 is 0 Å². The quantitative estimate of drug-likeness (QED) is 0.675. The topological polar surface area (TPSA) is 39.1 Å². The van der Waals surface area contributed by atoms with E-state index in [0.717, 1.165) is 24.8 Å². The van der Waals surface area contributed by atoms with Gasteiger partial charge in [0.1, 0.15) is 0 Å². The SMILES string of the molecule is N#CCCCN1CCC2CNCC2C1. The lowest BCUT2D eigenvalue weighted by Crippen LogP contribution is -2.40. The van der Waals surface area contributed by atoms with Gasteiger partial charge in [0, 0.05) is 13.0 Å². The van der Waals surface area contributed by atoms with E-state index in [1.807, 2.05) is 0 Å². The minimum absolute atomic E-state index is 0.711. The molecule has 0 radical (unpaired) electrons. The Morgan fingerprint density at radius 2 is 2.21 bits per heavy atom. The second-order valence-electron chi connectivity index (χ2n) is 4.53. The normalized spacial score (nSPS) is 32.5. The van der Waals surface area contributed by atoms with Crippen molar-refractivity contribution in [1.29, 1.82) is 5.26 Å². The molecule has 1 N–H and O–H groups in total. The van der Waals surface area contributed by atoms with Gasteiger partial charge in [-0.2, -0.15) is 5.26 Å². The van der Waals surface area contributed by atoms with Crippen LogP contribution in [0.15, 0.2) is 0 Å². The van der Waals surface area contributed by atoms with Gasteiger partial charge in [0.15, 0.2) is 0 Å². The van der Waals surface area contributed by atoms with Gasteiger partial charge in [0.05, 0.1) is 6.07 Å². The van der Waals surface area contributed by atoms with Gasteiger partial charge in [-0.05, 0) is 50.9 Å². The molecule has 2 rings (SSSR count). The second kappa shape index (κ2) is 4.77. The van der Waals surface area contributed by atoms with Crippen molar-refractivity contribution in [3.8, 4) is 6.07 Å². The Morgan fingerprint density at radius 3 is 3.07 bits per heavy atom. The first-order valence-electron chi connectivity index (χ1n) is 5.70. The van der Waals surface area contributed by atoms with Crippen LogP contribution in [0.5, 0.6) is 0 Å². The van der Waals surface area contributed by atoms with E-state index >= 15 is 0 Å². The second-order valence-corrected chi connectivity index (χ2v) is 4.53. The Balaban J connectivity index is 1.72. The molecular formula is C11H19N3. The molecule has 0 amide bonds. The van der Waals surface area contributed by atoms with Crippen molar-refractivity contribution < 1.29 is 0 Å². The summed E-state index contributed by atoms with van der Waals surface area (Å²) in [5.41, 5.74) is 0. The highest BCUT2D eigenvalue weighted by Crippen LogP contribution is 2.26. The maximum absolute atomic E-state index is 8.47. The lowest BCUT2D eigenvalue weighted by molar-refractivity contribution is 0.148. The number of likely N-dealkylation sites (tertiary alicyclic amines) is 1. The molecule has 2 fully saturated rings. The monoisotopic (exact) mass is 193 g/mol. The van der Waals surface area contributed by atoms with Gasteiger partial charge in [0.2, 0.25) is 0 Å². The van der Waals surface area contributed by atoms with Gasteiger partial charge < -0.3 is 10.2 Å². The Kier molecular flexibility index (Phi) is 3.39. The minimum atomic E-state index is 0.711. The highest BCUT2D eigenvalue weighted by Gasteiger charge is 2.32. The third-order valence-electron chi connectivity index (χ3n) is 3.55. The van der Waals surface area contributed by atoms with E-state index in [1.165, 1.54) is 32.6 Å². The summed E-state index contributed by atoms with van der Waals surface area (Å²) >= 11 is 0. The maximum Gasteiger partial charge on any atom is 0.0622 e. The number of nitrogens with one attached hydrogen (secondary N) is 1. The van der Waals surface area contributed by atoms with Crippen molar-refractivity contribution in [1.82, 2.24) is 10.2 Å². The molecular weight excluding hydrogens is 174 g/mol. The fourth-order valence-corrected chi connectivity index (χ4v) is 2.69. The molecule has 0 saturated carbocycles. The van der Waals surface area contributed by atoms with E-state index in [2.05, 4.69) is 16.3 Å². The molecule has 0 spiro atoms. The van der Waals surface area contributed by atoms with Crippen molar-refractivity contribution in [2.45, 2.75) is 19.3 Å². The number of hydrogen-bond donors (Lipinski definition) is 1. The van der Waals surface area contributed by atoms with E-state index in [1.54, 1.807) is 0 Å². The number of nitriles is 1. The highest BCUT2D eigenvalue weighted by molar-refractivity contribution is 4.88. The zero-order valence-corrected chi connectivity index (χ0v) is 8.71. The number of nitrogens with zero attached hydrogens (tertiary/aromatic N) is 2. The van der Waals surface area contributed by atoms with Crippen LogP contribution in [0.4, 0.5) is 0 Å². The van der Waals surface area contributed by atoms with Crippen LogP contribution < -0.4 is 5.32 Å². The molecule has 2 saturated heterocycles. The number of unbranched alkanes of at least 4 members (excludes halogenated alkanes) is 1. The van der Waals surface area contributed by atoms with Crippen LogP contribution in [0.25, 0.3) is 0 Å². The number of piperidine rings is 1. The number of hydrogen-bond acceptors (Lipinski definition) is 3. The van der Waals surface area contributed by atoms with E-state index in [4.69, 9.17) is 5.26 Å². The van der Waals surface area contributed by atoms with Crippen LogP contribution in [-0.4, -0.2) is 37.6 Å². The van der Waals surface area contributed by atoms with E-state index in [9.17, 15) is 0 Å². The van der Waals surface area contributed by atoms with Crippen molar-refractivity contribution in [3.63, 3.8) is 0 Å². The molecule has 14 heavy (non-hydrogen) atoms. The van der Waals surface area contributed by atoms with Crippen molar-refractivity contribution in [3.05, 3.63) is 0 Å².